The molecule has 1 N–H and O–H groups in total. The van der Waals surface area contributed by atoms with Crippen molar-refractivity contribution in [2.24, 2.45) is 7.05 Å². The van der Waals surface area contributed by atoms with E-state index in [1.165, 1.54) is 5.69 Å². The third-order valence-corrected chi connectivity index (χ3v) is 5.47. The third-order valence-electron chi connectivity index (χ3n) is 4.97. The predicted octanol–water partition coefficient (Wildman–Crippen LogP) is 3.73. The maximum atomic E-state index is 12.8. The second kappa shape index (κ2) is 7.11. The Balaban J connectivity index is 1.50. The molecule has 6 heteroatoms. The lowest BCUT2D eigenvalue weighted by Crippen LogP contribution is -2.40. The zero-order valence-corrected chi connectivity index (χ0v) is 16.2. The number of fused-ring (bicyclic) bond motifs is 1. The van der Waals surface area contributed by atoms with Crippen LogP contribution in [0, 0.1) is 0 Å². The van der Waals surface area contributed by atoms with Gasteiger partial charge in [-0.15, -0.1) is 0 Å². The molecule has 2 aromatic carbocycles. The number of amides is 1. The van der Waals surface area contributed by atoms with E-state index in [0.717, 1.165) is 34.8 Å². The molecule has 0 radical (unpaired) electrons. The summed E-state index contributed by atoms with van der Waals surface area (Å²) in [5.41, 5.74) is 2.65. The highest BCUT2D eigenvalue weighted by molar-refractivity contribution is 9.10. The first-order valence-electron chi connectivity index (χ1n) is 8.85. The Kier molecular flexibility index (Phi) is 4.68. The van der Waals surface area contributed by atoms with Crippen LogP contribution in [0.15, 0.2) is 53.0 Å². The number of nitrogens with zero attached hydrogens (tertiary/aromatic N) is 3. The molecule has 1 amide bonds. The maximum absolute atomic E-state index is 12.8. The summed E-state index contributed by atoms with van der Waals surface area (Å²) in [6.07, 6.45) is 2.24. The highest BCUT2D eigenvalue weighted by atomic mass is 79.9. The average Bonchev–Trinajstić information content (AvgIpc) is 3.23. The van der Waals surface area contributed by atoms with Crippen LogP contribution in [-0.4, -0.2) is 34.8 Å². The van der Waals surface area contributed by atoms with Gasteiger partial charge in [0.05, 0.1) is 5.52 Å². The minimum absolute atomic E-state index is 0.0720. The van der Waals surface area contributed by atoms with E-state index in [2.05, 4.69) is 55.5 Å². The predicted molar refractivity (Wildman–Crippen MR) is 108 cm³/mol. The summed E-state index contributed by atoms with van der Waals surface area (Å²) in [5, 5.41) is 8.45. The second-order valence-corrected chi connectivity index (χ2v) is 7.58. The highest BCUT2D eigenvalue weighted by Gasteiger charge is 2.26. The molecule has 26 heavy (non-hydrogen) atoms. The lowest BCUT2D eigenvalue weighted by atomic mass is 10.1. The van der Waals surface area contributed by atoms with Crippen LogP contribution in [-0.2, 0) is 7.05 Å². The fraction of sp³-hybridized carbons (Fsp3) is 0.300. The molecule has 0 bridgehead atoms. The van der Waals surface area contributed by atoms with Gasteiger partial charge in [0.25, 0.3) is 5.91 Å². The normalized spacial score (nSPS) is 17.0. The summed E-state index contributed by atoms with van der Waals surface area (Å²) < 4.78 is 2.62. The molecule has 0 aliphatic carbocycles. The molecule has 1 aromatic heterocycles. The Morgan fingerprint density at radius 1 is 1.27 bits per heavy atom. The number of hydrogen-bond donors (Lipinski definition) is 1. The van der Waals surface area contributed by atoms with Crippen LogP contribution in [0.3, 0.4) is 0 Å². The molecule has 0 saturated carbocycles. The van der Waals surface area contributed by atoms with Crippen molar-refractivity contribution in [3.63, 3.8) is 0 Å². The van der Waals surface area contributed by atoms with Gasteiger partial charge >= 0.3 is 0 Å². The topological polar surface area (TPSA) is 50.2 Å². The lowest BCUT2D eigenvalue weighted by molar-refractivity contribution is 0.0943. The fourth-order valence-corrected chi connectivity index (χ4v) is 4.09. The van der Waals surface area contributed by atoms with E-state index >= 15 is 0 Å². The summed E-state index contributed by atoms with van der Waals surface area (Å²) in [6, 6.07) is 16.5. The first-order chi connectivity index (χ1) is 12.6. The quantitative estimate of drug-likeness (QED) is 0.709. The number of para-hydroxylation sites is 1. The van der Waals surface area contributed by atoms with E-state index in [-0.39, 0.29) is 5.91 Å². The van der Waals surface area contributed by atoms with Crippen molar-refractivity contribution in [1.29, 1.82) is 0 Å². The zero-order valence-electron chi connectivity index (χ0n) is 14.7. The van der Waals surface area contributed by atoms with Crippen LogP contribution in [0.2, 0.25) is 0 Å². The van der Waals surface area contributed by atoms with E-state index in [0.29, 0.717) is 18.3 Å². The van der Waals surface area contributed by atoms with E-state index in [4.69, 9.17) is 0 Å². The first-order valence-corrected chi connectivity index (χ1v) is 9.65. The van der Waals surface area contributed by atoms with Crippen molar-refractivity contribution in [1.82, 2.24) is 15.1 Å². The van der Waals surface area contributed by atoms with E-state index in [1.54, 1.807) is 4.68 Å². The molecule has 0 spiro atoms. The van der Waals surface area contributed by atoms with Crippen LogP contribution < -0.4 is 10.2 Å². The van der Waals surface area contributed by atoms with Crippen LogP contribution in [0.4, 0.5) is 5.69 Å². The Morgan fingerprint density at radius 2 is 2.08 bits per heavy atom. The number of anilines is 1. The van der Waals surface area contributed by atoms with Crippen molar-refractivity contribution in [2.45, 2.75) is 18.9 Å². The van der Waals surface area contributed by atoms with Gasteiger partial charge < -0.3 is 10.2 Å². The Morgan fingerprint density at radius 3 is 2.88 bits per heavy atom. The van der Waals surface area contributed by atoms with Gasteiger partial charge in [-0.3, -0.25) is 9.48 Å². The molecule has 1 saturated heterocycles. The number of nitrogens with one attached hydrogen (secondary N) is 1. The van der Waals surface area contributed by atoms with Gasteiger partial charge in [0.15, 0.2) is 0 Å². The van der Waals surface area contributed by atoms with Gasteiger partial charge in [0, 0.05) is 41.7 Å². The highest BCUT2D eigenvalue weighted by Crippen LogP contribution is 2.25. The van der Waals surface area contributed by atoms with Gasteiger partial charge in [0.1, 0.15) is 5.69 Å². The van der Waals surface area contributed by atoms with E-state index in [1.807, 2.05) is 31.3 Å². The summed E-state index contributed by atoms with van der Waals surface area (Å²) in [4.78, 5) is 15.2. The number of carbonyl (C=O) groups excluding carboxylic acids is 1. The number of halogens is 1. The maximum Gasteiger partial charge on any atom is 0.270 e. The number of aromatic nitrogens is 2. The molecule has 1 atom stereocenters. The van der Waals surface area contributed by atoms with Crippen molar-refractivity contribution in [2.75, 3.05) is 18.0 Å². The first kappa shape index (κ1) is 17.1. The molecule has 1 aliphatic rings. The summed E-state index contributed by atoms with van der Waals surface area (Å²) in [6.45, 7) is 1.67. The van der Waals surface area contributed by atoms with E-state index < -0.39 is 0 Å². The molecule has 2 heterocycles. The van der Waals surface area contributed by atoms with Crippen molar-refractivity contribution in [3.8, 4) is 0 Å². The Labute approximate surface area is 161 Å². The average molecular weight is 413 g/mol. The lowest BCUT2D eigenvalue weighted by Gasteiger charge is -2.27. The van der Waals surface area contributed by atoms with E-state index in [9.17, 15) is 4.79 Å². The minimum atomic E-state index is -0.0720. The zero-order chi connectivity index (χ0) is 18.1. The van der Waals surface area contributed by atoms with Gasteiger partial charge in [0.2, 0.25) is 0 Å². The molecular weight excluding hydrogens is 392 g/mol. The summed E-state index contributed by atoms with van der Waals surface area (Å²) >= 11 is 3.45. The molecule has 1 fully saturated rings. The van der Waals surface area contributed by atoms with Gasteiger partial charge in [-0.1, -0.05) is 34.1 Å². The molecular formula is C20H21BrN4O. The standard InChI is InChI=1S/C20H21BrN4O/c1-24-19(17-10-9-14(21)12-18(17)23-24)20(26)22-13-16-8-5-11-25(16)15-6-3-2-4-7-15/h2-4,6-7,9-10,12,16H,5,8,11,13H2,1H3,(H,22,26)/t16-/m1/s1. The van der Waals surface area contributed by atoms with Crippen molar-refractivity contribution < 1.29 is 4.79 Å². The minimum Gasteiger partial charge on any atom is -0.367 e. The number of rotatable bonds is 4. The monoisotopic (exact) mass is 412 g/mol. The number of aryl methyl sites for hydroxylation is 1. The van der Waals surface area contributed by atoms with Crippen LogP contribution in [0.5, 0.6) is 0 Å². The van der Waals surface area contributed by atoms with Crippen LogP contribution in [0.25, 0.3) is 10.9 Å². The Bertz CT molecular complexity index is 938. The number of carbonyl (C=O) groups is 1. The summed E-state index contributed by atoms with van der Waals surface area (Å²) in [5.74, 6) is -0.0720. The van der Waals surface area contributed by atoms with Crippen LogP contribution >= 0.6 is 15.9 Å². The number of benzene rings is 2. The molecule has 3 aromatic rings. The second-order valence-electron chi connectivity index (χ2n) is 6.67. The largest absolute Gasteiger partial charge is 0.367 e. The molecule has 0 unspecified atom stereocenters. The van der Waals surface area contributed by atoms with Crippen molar-refractivity contribution in [3.05, 3.63) is 58.7 Å². The number of hydrogen-bond acceptors (Lipinski definition) is 3. The van der Waals surface area contributed by atoms with Gasteiger partial charge in [-0.05, 0) is 43.2 Å². The fourth-order valence-electron chi connectivity index (χ4n) is 3.74. The van der Waals surface area contributed by atoms with Crippen LogP contribution in [0.1, 0.15) is 23.3 Å². The van der Waals surface area contributed by atoms with Gasteiger partial charge in [-0.25, -0.2) is 0 Å². The molecule has 5 nitrogen and oxygen atoms in total. The molecule has 134 valence electrons. The smallest absolute Gasteiger partial charge is 0.270 e. The SMILES string of the molecule is Cn1nc2cc(Br)ccc2c1C(=O)NC[C@H]1CCCN1c1ccccc1. The Hall–Kier alpha value is -2.34. The molecule has 4 rings (SSSR count). The molecule has 1 aliphatic heterocycles. The van der Waals surface area contributed by atoms with Crippen molar-refractivity contribution >= 4 is 38.4 Å². The summed E-state index contributed by atoms with van der Waals surface area (Å²) in [7, 11) is 1.81. The van der Waals surface area contributed by atoms with Gasteiger partial charge in [-0.2, -0.15) is 5.10 Å². The third kappa shape index (κ3) is 3.21.